The standard InChI is InChI=1S/C9H18N4O3S/c1-6-7(8(10)11-13(6)4)17(15,16)12-9(2,3)5-14/h12,14H,5H2,1-4H3,(H2,10,11). The number of hydrogen-bond donors (Lipinski definition) is 3. The molecule has 98 valence electrons. The molecule has 1 aromatic heterocycles. The number of nitrogens with one attached hydrogen (secondary N) is 1. The summed E-state index contributed by atoms with van der Waals surface area (Å²) in [6, 6.07) is 0. The molecule has 0 atom stereocenters. The monoisotopic (exact) mass is 262 g/mol. The Morgan fingerprint density at radius 3 is 2.41 bits per heavy atom. The van der Waals surface area contributed by atoms with E-state index in [9.17, 15) is 8.42 Å². The fourth-order valence-electron chi connectivity index (χ4n) is 1.39. The minimum absolute atomic E-state index is 0.0403. The molecule has 0 aliphatic carbocycles. The smallest absolute Gasteiger partial charge is 0.246 e. The highest BCUT2D eigenvalue weighted by atomic mass is 32.2. The van der Waals surface area contributed by atoms with Gasteiger partial charge in [0.15, 0.2) is 5.82 Å². The molecule has 17 heavy (non-hydrogen) atoms. The Kier molecular flexibility index (Phi) is 3.51. The van der Waals surface area contributed by atoms with Gasteiger partial charge in [-0.3, -0.25) is 4.68 Å². The van der Waals surface area contributed by atoms with Crippen molar-refractivity contribution in [1.82, 2.24) is 14.5 Å². The molecular weight excluding hydrogens is 244 g/mol. The Hall–Kier alpha value is -1.12. The van der Waals surface area contributed by atoms with Gasteiger partial charge in [-0.2, -0.15) is 5.10 Å². The number of aryl methyl sites for hydroxylation is 1. The van der Waals surface area contributed by atoms with Crippen LogP contribution in [-0.4, -0.2) is 35.5 Å². The van der Waals surface area contributed by atoms with Gasteiger partial charge in [-0.15, -0.1) is 0 Å². The fourth-order valence-corrected chi connectivity index (χ4v) is 3.12. The van der Waals surface area contributed by atoms with Crippen molar-refractivity contribution in [3.05, 3.63) is 5.69 Å². The van der Waals surface area contributed by atoms with Crippen molar-refractivity contribution < 1.29 is 13.5 Å². The van der Waals surface area contributed by atoms with Crippen molar-refractivity contribution in [1.29, 1.82) is 0 Å². The normalized spacial score (nSPS) is 13.0. The van der Waals surface area contributed by atoms with Crippen LogP contribution in [0, 0.1) is 6.92 Å². The van der Waals surface area contributed by atoms with Crippen molar-refractivity contribution >= 4 is 15.8 Å². The van der Waals surface area contributed by atoms with E-state index >= 15 is 0 Å². The molecule has 7 nitrogen and oxygen atoms in total. The molecule has 0 bridgehead atoms. The quantitative estimate of drug-likeness (QED) is 0.668. The van der Waals surface area contributed by atoms with E-state index in [-0.39, 0.29) is 17.3 Å². The first-order chi connectivity index (χ1) is 7.60. The molecule has 0 saturated heterocycles. The van der Waals surface area contributed by atoms with Crippen LogP contribution in [0.5, 0.6) is 0 Å². The van der Waals surface area contributed by atoms with Crippen molar-refractivity contribution in [3.8, 4) is 0 Å². The van der Waals surface area contributed by atoms with E-state index in [0.717, 1.165) is 0 Å². The van der Waals surface area contributed by atoms with Crippen LogP contribution >= 0.6 is 0 Å². The number of aliphatic hydroxyl groups is 1. The molecule has 0 radical (unpaired) electrons. The zero-order valence-corrected chi connectivity index (χ0v) is 11.2. The second-order valence-electron chi connectivity index (χ2n) is 4.57. The third-order valence-electron chi connectivity index (χ3n) is 2.38. The summed E-state index contributed by atoms with van der Waals surface area (Å²) in [6.45, 7) is 4.45. The molecule has 0 fully saturated rings. The van der Waals surface area contributed by atoms with Gasteiger partial charge in [0.1, 0.15) is 4.90 Å². The summed E-state index contributed by atoms with van der Waals surface area (Å²) < 4.78 is 28.0. The Morgan fingerprint density at radius 1 is 1.53 bits per heavy atom. The lowest BCUT2D eigenvalue weighted by atomic mass is 10.1. The SMILES string of the molecule is Cc1c(S(=O)(=O)NC(C)(C)CO)c(N)nn1C. The van der Waals surface area contributed by atoms with E-state index in [1.807, 2.05) is 0 Å². The highest BCUT2D eigenvalue weighted by Gasteiger charge is 2.30. The number of aromatic nitrogens is 2. The molecule has 0 spiro atoms. The van der Waals surface area contributed by atoms with E-state index in [1.54, 1.807) is 27.8 Å². The highest BCUT2D eigenvalue weighted by Crippen LogP contribution is 2.22. The van der Waals surface area contributed by atoms with Gasteiger partial charge in [0, 0.05) is 7.05 Å². The van der Waals surface area contributed by atoms with Crippen LogP contribution in [0.4, 0.5) is 5.82 Å². The molecule has 0 amide bonds. The number of anilines is 1. The molecule has 0 saturated carbocycles. The van der Waals surface area contributed by atoms with Crippen LogP contribution in [0.3, 0.4) is 0 Å². The van der Waals surface area contributed by atoms with Gasteiger partial charge in [-0.1, -0.05) is 0 Å². The summed E-state index contributed by atoms with van der Waals surface area (Å²) in [5.41, 5.74) is 5.07. The second kappa shape index (κ2) is 4.28. The molecule has 1 heterocycles. The average Bonchev–Trinajstić information content (AvgIpc) is 2.39. The fraction of sp³-hybridized carbons (Fsp3) is 0.667. The van der Waals surface area contributed by atoms with Gasteiger partial charge in [0.2, 0.25) is 10.0 Å². The maximum atomic E-state index is 12.1. The molecule has 0 unspecified atom stereocenters. The van der Waals surface area contributed by atoms with E-state index in [0.29, 0.717) is 5.69 Å². The number of nitrogens with two attached hydrogens (primary N) is 1. The summed E-state index contributed by atoms with van der Waals surface area (Å²) in [5.74, 6) is -0.0498. The largest absolute Gasteiger partial charge is 0.394 e. The first kappa shape index (κ1) is 13.9. The zero-order valence-electron chi connectivity index (χ0n) is 10.4. The number of hydrogen-bond acceptors (Lipinski definition) is 5. The van der Waals surface area contributed by atoms with Gasteiger partial charge >= 0.3 is 0 Å². The van der Waals surface area contributed by atoms with Crippen LogP contribution < -0.4 is 10.5 Å². The average molecular weight is 262 g/mol. The van der Waals surface area contributed by atoms with E-state index in [2.05, 4.69) is 9.82 Å². The second-order valence-corrected chi connectivity index (χ2v) is 6.19. The molecule has 8 heteroatoms. The van der Waals surface area contributed by atoms with Gasteiger partial charge in [0.25, 0.3) is 0 Å². The maximum absolute atomic E-state index is 12.1. The van der Waals surface area contributed by atoms with Crippen LogP contribution in [0.25, 0.3) is 0 Å². The molecule has 0 aliphatic heterocycles. The van der Waals surface area contributed by atoms with Crippen molar-refractivity contribution in [2.45, 2.75) is 31.2 Å². The lowest BCUT2D eigenvalue weighted by Gasteiger charge is -2.23. The molecule has 0 aromatic carbocycles. The lowest BCUT2D eigenvalue weighted by molar-refractivity contribution is 0.208. The first-order valence-corrected chi connectivity index (χ1v) is 6.53. The number of nitrogen functional groups attached to an aromatic ring is 1. The summed E-state index contributed by atoms with van der Waals surface area (Å²) in [5, 5.41) is 12.9. The van der Waals surface area contributed by atoms with Crippen molar-refractivity contribution in [2.75, 3.05) is 12.3 Å². The van der Waals surface area contributed by atoms with Crippen molar-refractivity contribution in [3.63, 3.8) is 0 Å². The molecule has 1 rings (SSSR count). The van der Waals surface area contributed by atoms with Gasteiger partial charge in [0.05, 0.1) is 17.8 Å². The topological polar surface area (TPSA) is 110 Å². The predicted octanol–water partition coefficient (Wildman–Crippen LogP) is -0.640. The maximum Gasteiger partial charge on any atom is 0.246 e. The number of rotatable bonds is 4. The molecule has 1 aromatic rings. The Labute approximate surface area is 101 Å². The molecule has 4 N–H and O–H groups in total. The van der Waals surface area contributed by atoms with E-state index < -0.39 is 15.6 Å². The van der Waals surface area contributed by atoms with Crippen LogP contribution in [0.1, 0.15) is 19.5 Å². The highest BCUT2D eigenvalue weighted by molar-refractivity contribution is 7.89. The van der Waals surface area contributed by atoms with Crippen LogP contribution in [-0.2, 0) is 17.1 Å². The summed E-state index contributed by atoms with van der Waals surface area (Å²) >= 11 is 0. The lowest BCUT2D eigenvalue weighted by Crippen LogP contribution is -2.46. The van der Waals surface area contributed by atoms with E-state index in [1.165, 1.54) is 4.68 Å². The number of aliphatic hydroxyl groups excluding tert-OH is 1. The van der Waals surface area contributed by atoms with Gasteiger partial charge in [-0.25, -0.2) is 13.1 Å². The Bertz CT molecular complexity index is 519. The number of sulfonamides is 1. The Balaban J connectivity index is 3.23. The first-order valence-electron chi connectivity index (χ1n) is 5.04. The number of nitrogens with zero attached hydrogens (tertiary/aromatic N) is 2. The Morgan fingerprint density at radius 2 is 2.06 bits per heavy atom. The van der Waals surface area contributed by atoms with Crippen LogP contribution in [0.2, 0.25) is 0 Å². The van der Waals surface area contributed by atoms with E-state index in [4.69, 9.17) is 10.8 Å². The minimum atomic E-state index is -3.79. The zero-order chi connectivity index (χ0) is 13.4. The summed E-state index contributed by atoms with van der Waals surface area (Å²) in [7, 11) is -2.18. The third kappa shape index (κ3) is 2.76. The van der Waals surface area contributed by atoms with Crippen molar-refractivity contribution in [2.24, 2.45) is 7.05 Å². The van der Waals surface area contributed by atoms with Crippen LogP contribution in [0.15, 0.2) is 4.90 Å². The summed E-state index contributed by atoms with van der Waals surface area (Å²) in [6.07, 6.45) is 0. The summed E-state index contributed by atoms with van der Waals surface area (Å²) in [4.78, 5) is -0.0403. The minimum Gasteiger partial charge on any atom is -0.394 e. The van der Waals surface area contributed by atoms with Gasteiger partial charge < -0.3 is 10.8 Å². The third-order valence-corrected chi connectivity index (χ3v) is 4.24. The van der Waals surface area contributed by atoms with Gasteiger partial charge in [-0.05, 0) is 20.8 Å². The molecular formula is C9H18N4O3S. The predicted molar refractivity (Wildman–Crippen MR) is 63.8 cm³/mol. The molecule has 0 aliphatic rings.